The van der Waals surface area contributed by atoms with E-state index in [0.717, 1.165) is 38.0 Å². The summed E-state index contributed by atoms with van der Waals surface area (Å²) in [7, 11) is 0. The molecule has 1 aliphatic carbocycles. The van der Waals surface area contributed by atoms with Crippen molar-refractivity contribution >= 4 is 11.9 Å². The van der Waals surface area contributed by atoms with Crippen LogP contribution in [0.2, 0.25) is 0 Å². The fraction of sp³-hybridized carbons (Fsp3) is 0.636. The number of hydrogen-bond donors (Lipinski definition) is 2. The maximum Gasteiger partial charge on any atom is 0.318 e. The van der Waals surface area contributed by atoms with E-state index in [1.54, 1.807) is 4.90 Å². The van der Waals surface area contributed by atoms with Crippen LogP contribution in [0.15, 0.2) is 24.3 Å². The van der Waals surface area contributed by atoms with Crippen molar-refractivity contribution in [3.05, 3.63) is 35.6 Å². The number of halogens is 3. The lowest BCUT2D eigenvalue weighted by Gasteiger charge is -2.54. The number of nitrogens with zero attached hydrogens (tertiary/aromatic N) is 2. The van der Waals surface area contributed by atoms with E-state index in [1.807, 2.05) is 0 Å². The number of carbonyl (C=O) groups is 2. The SMILES string of the molecule is NC(=O)[C@H](CC(F)(F)Cc1ccccc1F)NC(=O)N1CC2(CCN(C3CC3)CC2)C1. The van der Waals surface area contributed by atoms with Gasteiger partial charge in [0.25, 0.3) is 5.92 Å². The summed E-state index contributed by atoms with van der Waals surface area (Å²) in [5, 5.41) is 2.36. The lowest BCUT2D eigenvalue weighted by atomic mass is 9.72. The molecule has 2 aliphatic heterocycles. The van der Waals surface area contributed by atoms with Gasteiger partial charge in [-0.15, -0.1) is 0 Å². The fourth-order valence-electron chi connectivity index (χ4n) is 4.78. The molecular formula is C22H29F3N4O2. The summed E-state index contributed by atoms with van der Waals surface area (Å²) in [4.78, 5) is 28.3. The Morgan fingerprint density at radius 1 is 1.19 bits per heavy atom. The van der Waals surface area contributed by atoms with Crippen LogP contribution in [0.4, 0.5) is 18.0 Å². The molecule has 1 saturated carbocycles. The average Bonchev–Trinajstić information content (AvgIpc) is 3.52. The predicted octanol–water partition coefficient (Wildman–Crippen LogP) is 2.52. The van der Waals surface area contributed by atoms with Crippen LogP contribution in [0.1, 0.15) is 37.7 Å². The number of benzene rings is 1. The molecule has 2 saturated heterocycles. The Labute approximate surface area is 179 Å². The number of nitrogens with two attached hydrogens (primary N) is 1. The summed E-state index contributed by atoms with van der Waals surface area (Å²) in [5.74, 6) is -5.17. The second-order valence-electron chi connectivity index (χ2n) is 9.36. The van der Waals surface area contributed by atoms with Gasteiger partial charge in [-0.2, -0.15) is 0 Å². The Morgan fingerprint density at radius 2 is 1.84 bits per heavy atom. The van der Waals surface area contributed by atoms with Gasteiger partial charge in [-0.1, -0.05) is 18.2 Å². The summed E-state index contributed by atoms with van der Waals surface area (Å²) < 4.78 is 42.7. The molecule has 6 nitrogen and oxygen atoms in total. The van der Waals surface area contributed by atoms with Crippen molar-refractivity contribution < 1.29 is 22.8 Å². The van der Waals surface area contributed by atoms with Gasteiger partial charge in [0, 0.05) is 37.4 Å². The maximum absolute atomic E-state index is 14.5. The molecule has 3 N–H and O–H groups in total. The van der Waals surface area contributed by atoms with Crippen LogP contribution in [0, 0.1) is 11.2 Å². The average molecular weight is 438 g/mol. The van der Waals surface area contributed by atoms with E-state index in [0.29, 0.717) is 13.1 Å². The molecule has 3 amide bonds. The minimum Gasteiger partial charge on any atom is -0.368 e. The maximum atomic E-state index is 14.5. The van der Waals surface area contributed by atoms with Crippen molar-refractivity contribution in [1.29, 1.82) is 0 Å². The van der Waals surface area contributed by atoms with Crippen LogP contribution < -0.4 is 11.1 Å². The molecule has 1 atom stereocenters. The Morgan fingerprint density at radius 3 is 2.42 bits per heavy atom. The number of nitrogens with one attached hydrogen (secondary N) is 1. The molecule has 0 radical (unpaired) electrons. The van der Waals surface area contributed by atoms with Crippen LogP contribution in [0.5, 0.6) is 0 Å². The molecule has 2 heterocycles. The van der Waals surface area contributed by atoms with Crippen LogP contribution in [-0.4, -0.2) is 65.9 Å². The summed E-state index contributed by atoms with van der Waals surface area (Å²) in [6.45, 7) is 3.20. The van der Waals surface area contributed by atoms with E-state index in [-0.39, 0.29) is 11.0 Å². The third-order valence-electron chi connectivity index (χ3n) is 6.81. The molecule has 4 rings (SSSR count). The molecule has 170 valence electrons. The monoisotopic (exact) mass is 438 g/mol. The third-order valence-corrected chi connectivity index (χ3v) is 6.81. The zero-order valence-electron chi connectivity index (χ0n) is 17.5. The number of primary amides is 1. The first kappa shape index (κ1) is 21.9. The summed E-state index contributed by atoms with van der Waals surface area (Å²) in [6, 6.07) is 3.92. The Balaban J connectivity index is 1.28. The molecule has 0 aromatic heterocycles. The fourth-order valence-corrected chi connectivity index (χ4v) is 4.78. The standard InChI is InChI=1S/C22H29F3N4O2/c23-17-4-2-1-3-15(17)11-22(24,25)12-18(19(26)30)27-20(31)29-13-21(14-29)7-9-28(10-8-21)16-5-6-16/h1-4,16,18H,5-14H2,(H2,26,30)(H,27,31)/t18-/m0/s1. The highest BCUT2D eigenvalue weighted by Gasteiger charge is 2.48. The van der Waals surface area contributed by atoms with Crippen LogP contribution >= 0.6 is 0 Å². The van der Waals surface area contributed by atoms with E-state index in [9.17, 15) is 22.8 Å². The molecule has 1 aromatic rings. The highest BCUT2D eigenvalue weighted by Crippen LogP contribution is 2.42. The van der Waals surface area contributed by atoms with E-state index < -0.39 is 42.6 Å². The number of hydrogen-bond acceptors (Lipinski definition) is 3. The largest absolute Gasteiger partial charge is 0.368 e. The first-order chi connectivity index (χ1) is 14.7. The molecule has 3 aliphatic rings. The number of piperidine rings is 1. The molecule has 1 aromatic carbocycles. The van der Waals surface area contributed by atoms with Crippen LogP contribution in [0.3, 0.4) is 0 Å². The number of rotatable bonds is 7. The van der Waals surface area contributed by atoms with Crippen molar-refractivity contribution in [3.8, 4) is 0 Å². The highest BCUT2D eigenvalue weighted by atomic mass is 19.3. The van der Waals surface area contributed by atoms with Gasteiger partial charge in [0.1, 0.15) is 11.9 Å². The van der Waals surface area contributed by atoms with Gasteiger partial charge in [0.05, 0.1) is 0 Å². The highest BCUT2D eigenvalue weighted by molar-refractivity contribution is 5.86. The number of carbonyl (C=O) groups excluding carboxylic acids is 2. The Bertz CT molecular complexity index is 830. The van der Waals surface area contributed by atoms with Gasteiger partial charge < -0.3 is 20.9 Å². The predicted molar refractivity (Wildman–Crippen MR) is 109 cm³/mol. The van der Waals surface area contributed by atoms with Crippen molar-refractivity contribution in [2.45, 2.75) is 56.5 Å². The zero-order valence-corrected chi connectivity index (χ0v) is 17.5. The van der Waals surface area contributed by atoms with Crippen molar-refractivity contribution in [2.24, 2.45) is 11.1 Å². The van der Waals surface area contributed by atoms with Crippen molar-refractivity contribution in [1.82, 2.24) is 15.1 Å². The number of amides is 3. The third kappa shape index (κ3) is 5.14. The smallest absolute Gasteiger partial charge is 0.318 e. The normalized spacial score (nSPS) is 22.1. The Hall–Kier alpha value is -2.29. The number of likely N-dealkylation sites (tertiary alicyclic amines) is 2. The molecule has 31 heavy (non-hydrogen) atoms. The molecular weight excluding hydrogens is 409 g/mol. The molecule has 1 spiro atoms. The first-order valence-corrected chi connectivity index (χ1v) is 10.9. The van der Waals surface area contributed by atoms with Crippen molar-refractivity contribution in [2.75, 3.05) is 26.2 Å². The Kier molecular flexibility index (Phi) is 5.89. The minimum atomic E-state index is -3.40. The van der Waals surface area contributed by atoms with Gasteiger partial charge in [0.2, 0.25) is 5.91 Å². The van der Waals surface area contributed by atoms with Crippen molar-refractivity contribution in [3.63, 3.8) is 0 Å². The minimum absolute atomic E-state index is 0.0969. The first-order valence-electron chi connectivity index (χ1n) is 10.9. The quantitative estimate of drug-likeness (QED) is 0.687. The number of alkyl halides is 2. The molecule has 0 bridgehead atoms. The van der Waals surface area contributed by atoms with Gasteiger partial charge in [-0.3, -0.25) is 4.79 Å². The topological polar surface area (TPSA) is 78.7 Å². The van der Waals surface area contributed by atoms with Gasteiger partial charge in [-0.25, -0.2) is 18.0 Å². The second kappa shape index (κ2) is 8.33. The lowest BCUT2D eigenvalue weighted by Crippen LogP contribution is -2.65. The summed E-state index contributed by atoms with van der Waals surface area (Å²) in [5.41, 5.74) is 5.22. The van der Waals surface area contributed by atoms with E-state index in [4.69, 9.17) is 5.73 Å². The van der Waals surface area contributed by atoms with Crippen LogP contribution in [0.25, 0.3) is 0 Å². The van der Waals surface area contributed by atoms with E-state index in [2.05, 4.69) is 10.2 Å². The zero-order chi connectivity index (χ0) is 22.2. The number of urea groups is 1. The summed E-state index contributed by atoms with van der Waals surface area (Å²) >= 11 is 0. The van der Waals surface area contributed by atoms with E-state index in [1.165, 1.54) is 31.0 Å². The van der Waals surface area contributed by atoms with Gasteiger partial charge in [0.15, 0.2) is 0 Å². The van der Waals surface area contributed by atoms with Gasteiger partial charge >= 0.3 is 6.03 Å². The van der Waals surface area contributed by atoms with Gasteiger partial charge in [-0.05, 0) is 50.4 Å². The lowest BCUT2D eigenvalue weighted by molar-refractivity contribution is -0.122. The molecule has 3 fully saturated rings. The van der Waals surface area contributed by atoms with Crippen LogP contribution in [-0.2, 0) is 11.2 Å². The molecule has 0 unspecified atom stereocenters. The summed E-state index contributed by atoms with van der Waals surface area (Å²) in [6.07, 6.45) is 2.75. The van der Waals surface area contributed by atoms with E-state index >= 15 is 0 Å². The second-order valence-corrected chi connectivity index (χ2v) is 9.36. The molecule has 9 heteroatoms.